The first kappa shape index (κ1) is 13.2. The monoisotopic (exact) mass is 276 g/mol. The fourth-order valence-corrected chi connectivity index (χ4v) is 1.43. The van der Waals surface area contributed by atoms with E-state index in [9.17, 15) is 24.8 Å². The summed E-state index contributed by atoms with van der Waals surface area (Å²) < 4.78 is 0. The summed E-state index contributed by atoms with van der Waals surface area (Å²) in [6.07, 6.45) is 1.00. The molecule has 0 amide bonds. The number of H-pyrrole nitrogens is 2. The third kappa shape index (κ3) is 2.77. The van der Waals surface area contributed by atoms with Crippen LogP contribution in [0.4, 0.5) is 11.4 Å². The van der Waals surface area contributed by atoms with Gasteiger partial charge in [-0.2, -0.15) is 0 Å². The Balaban J connectivity index is 2.40. The first-order chi connectivity index (χ1) is 9.47. The maximum absolute atomic E-state index is 11.4. The van der Waals surface area contributed by atoms with E-state index in [1.807, 2.05) is 9.97 Å². The van der Waals surface area contributed by atoms with Gasteiger partial charge in [0.2, 0.25) is 5.88 Å². The number of aromatic hydroxyl groups is 1. The summed E-state index contributed by atoms with van der Waals surface area (Å²) in [4.78, 5) is 40.1. The van der Waals surface area contributed by atoms with Gasteiger partial charge in [-0.1, -0.05) is 6.07 Å². The van der Waals surface area contributed by atoms with Crippen LogP contribution in [0.15, 0.2) is 38.8 Å². The second kappa shape index (κ2) is 5.18. The first-order valence-electron chi connectivity index (χ1n) is 5.31. The molecule has 3 N–H and O–H groups in total. The van der Waals surface area contributed by atoms with Crippen molar-refractivity contribution in [2.75, 3.05) is 0 Å². The predicted molar refractivity (Wildman–Crippen MR) is 69.7 cm³/mol. The summed E-state index contributed by atoms with van der Waals surface area (Å²) >= 11 is 0. The fourth-order valence-electron chi connectivity index (χ4n) is 1.43. The summed E-state index contributed by atoms with van der Waals surface area (Å²) in [7, 11) is 0. The third-order valence-corrected chi connectivity index (χ3v) is 2.34. The number of benzene rings is 1. The molecule has 0 aliphatic heterocycles. The van der Waals surface area contributed by atoms with Gasteiger partial charge in [-0.05, 0) is 6.07 Å². The van der Waals surface area contributed by atoms with Crippen LogP contribution in [0.1, 0.15) is 5.56 Å². The average Bonchev–Trinajstić information content (AvgIpc) is 2.37. The van der Waals surface area contributed by atoms with E-state index in [-0.39, 0.29) is 16.9 Å². The molecule has 9 heteroatoms. The van der Waals surface area contributed by atoms with Crippen LogP contribution in [0.2, 0.25) is 0 Å². The molecule has 0 aliphatic rings. The summed E-state index contributed by atoms with van der Waals surface area (Å²) in [6.45, 7) is 0. The van der Waals surface area contributed by atoms with E-state index in [1.54, 1.807) is 0 Å². The molecular formula is C11H8N4O5. The van der Waals surface area contributed by atoms with Gasteiger partial charge in [-0.15, -0.1) is 0 Å². The highest BCUT2D eigenvalue weighted by Gasteiger charge is 2.07. The van der Waals surface area contributed by atoms with Crippen molar-refractivity contribution in [1.82, 2.24) is 9.97 Å². The number of hydrogen-bond acceptors (Lipinski definition) is 6. The molecule has 9 nitrogen and oxygen atoms in total. The van der Waals surface area contributed by atoms with Crippen LogP contribution in [0.3, 0.4) is 0 Å². The van der Waals surface area contributed by atoms with Gasteiger partial charge in [-0.3, -0.25) is 29.9 Å². The zero-order valence-electron chi connectivity index (χ0n) is 9.86. The van der Waals surface area contributed by atoms with Crippen molar-refractivity contribution in [3.05, 3.63) is 60.8 Å². The van der Waals surface area contributed by atoms with Gasteiger partial charge in [0.05, 0.1) is 10.6 Å². The molecule has 0 fully saturated rings. The molecule has 1 aromatic carbocycles. The van der Waals surface area contributed by atoms with Crippen LogP contribution in [0.5, 0.6) is 5.88 Å². The summed E-state index contributed by atoms with van der Waals surface area (Å²) in [5.74, 6) is -0.632. The summed E-state index contributed by atoms with van der Waals surface area (Å²) in [6, 6.07) is 5.42. The lowest BCUT2D eigenvalue weighted by Crippen LogP contribution is -2.24. The molecule has 20 heavy (non-hydrogen) atoms. The standard InChI is InChI=1S/C11H8N4O5/c16-9-8(10(17)14-11(18)13-9)5-12-6-2-1-3-7(4-6)15(19)20/h1-5H,(H3,13,14,16,17,18). The number of aromatic amines is 2. The summed E-state index contributed by atoms with van der Waals surface area (Å²) in [5.41, 5.74) is -1.85. The second-order valence-corrected chi connectivity index (χ2v) is 3.71. The minimum absolute atomic E-state index is 0.153. The lowest BCUT2D eigenvalue weighted by atomic mass is 10.3. The van der Waals surface area contributed by atoms with Crippen LogP contribution in [-0.2, 0) is 0 Å². The van der Waals surface area contributed by atoms with Gasteiger partial charge in [0, 0.05) is 18.3 Å². The van der Waals surface area contributed by atoms with E-state index in [0.29, 0.717) is 0 Å². The number of rotatable bonds is 3. The van der Waals surface area contributed by atoms with Gasteiger partial charge in [0.1, 0.15) is 5.56 Å². The summed E-state index contributed by atoms with van der Waals surface area (Å²) in [5, 5.41) is 20.0. The van der Waals surface area contributed by atoms with E-state index >= 15 is 0 Å². The van der Waals surface area contributed by atoms with Crippen molar-refractivity contribution < 1.29 is 10.0 Å². The highest BCUT2D eigenvalue weighted by Crippen LogP contribution is 2.19. The normalized spacial score (nSPS) is 10.8. The Kier molecular flexibility index (Phi) is 3.42. The number of nitro benzene ring substituents is 1. The Morgan fingerprint density at radius 2 is 2.05 bits per heavy atom. The van der Waals surface area contributed by atoms with Gasteiger partial charge in [0.15, 0.2) is 0 Å². The fraction of sp³-hybridized carbons (Fsp3) is 0. The lowest BCUT2D eigenvalue weighted by molar-refractivity contribution is -0.384. The lowest BCUT2D eigenvalue weighted by Gasteiger charge is -1.97. The predicted octanol–water partition coefficient (Wildman–Crippen LogP) is 0.428. The van der Waals surface area contributed by atoms with Crippen LogP contribution >= 0.6 is 0 Å². The first-order valence-corrected chi connectivity index (χ1v) is 5.31. The molecule has 0 saturated heterocycles. The second-order valence-electron chi connectivity index (χ2n) is 3.71. The zero-order valence-corrected chi connectivity index (χ0v) is 9.86. The van der Waals surface area contributed by atoms with Crippen LogP contribution in [-0.4, -0.2) is 26.2 Å². The van der Waals surface area contributed by atoms with Crippen LogP contribution < -0.4 is 11.2 Å². The number of nitrogens with one attached hydrogen (secondary N) is 2. The van der Waals surface area contributed by atoms with Crippen molar-refractivity contribution in [2.45, 2.75) is 0 Å². The largest absolute Gasteiger partial charge is 0.494 e. The van der Waals surface area contributed by atoms with E-state index in [2.05, 4.69) is 4.99 Å². The molecule has 0 unspecified atom stereocenters. The molecule has 0 aliphatic carbocycles. The molecule has 1 heterocycles. The smallest absolute Gasteiger partial charge is 0.328 e. The molecular weight excluding hydrogens is 268 g/mol. The number of aliphatic imine (C=N–C) groups is 1. The van der Waals surface area contributed by atoms with Crippen molar-refractivity contribution in [3.63, 3.8) is 0 Å². The highest BCUT2D eigenvalue weighted by atomic mass is 16.6. The number of hydrogen-bond donors (Lipinski definition) is 3. The van der Waals surface area contributed by atoms with Gasteiger partial charge in [0.25, 0.3) is 11.2 Å². The van der Waals surface area contributed by atoms with Crippen molar-refractivity contribution >= 4 is 17.6 Å². The minimum Gasteiger partial charge on any atom is -0.494 e. The molecule has 0 atom stereocenters. The minimum atomic E-state index is -0.847. The van der Waals surface area contributed by atoms with E-state index in [4.69, 9.17) is 0 Å². The van der Waals surface area contributed by atoms with Crippen molar-refractivity contribution in [2.24, 2.45) is 4.99 Å². The molecule has 2 rings (SSSR count). The van der Waals surface area contributed by atoms with Crippen LogP contribution in [0.25, 0.3) is 0 Å². The number of nitrogens with zero attached hydrogens (tertiary/aromatic N) is 2. The SMILES string of the molecule is O=c1[nH]c(O)c(C=Nc2cccc([N+](=O)[O-])c2)c(=O)[nH]1. The number of aromatic nitrogens is 2. The van der Waals surface area contributed by atoms with E-state index in [0.717, 1.165) is 6.21 Å². The van der Waals surface area contributed by atoms with E-state index < -0.39 is 22.1 Å². The molecule has 0 saturated carbocycles. The highest BCUT2D eigenvalue weighted by molar-refractivity contribution is 5.84. The molecule has 0 radical (unpaired) electrons. The van der Waals surface area contributed by atoms with Gasteiger partial charge >= 0.3 is 5.69 Å². The molecule has 102 valence electrons. The third-order valence-electron chi connectivity index (χ3n) is 2.34. The Labute approximate surface area is 110 Å². The van der Waals surface area contributed by atoms with E-state index in [1.165, 1.54) is 24.3 Å². The quantitative estimate of drug-likeness (QED) is 0.423. The Bertz CT molecular complexity index is 805. The molecule has 1 aromatic heterocycles. The van der Waals surface area contributed by atoms with Gasteiger partial charge < -0.3 is 5.11 Å². The molecule has 0 spiro atoms. The van der Waals surface area contributed by atoms with Crippen molar-refractivity contribution in [1.29, 1.82) is 0 Å². The molecule has 0 bridgehead atoms. The number of non-ortho nitro benzene ring substituents is 1. The topological polar surface area (TPSA) is 141 Å². The Morgan fingerprint density at radius 1 is 1.30 bits per heavy atom. The number of nitro groups is 1. The van der Waals surface area contributed by atoms with Gasteiger partial charge in [-0.25, -0.2) is 4.79 Å². The maximum Gasteiger partial charge on any atom is 0.328 e. The van der Waals surface area contributed by atoms with Crippen LogP contribution in [0, 0.1) is 10.1 Å². The maximum atomic E-state index is 11.4. The Morgan fingerprint density at radius 3 is 2.70 bits per heavy atom. The molecule has 2 aromatic rings. The Hall–Kier alpha value is -3.23. The average molecular weight is 276 g/mol. The van der Waals surface area contributed by atoms with Crippen molar-refractivity contribution in [3.8, 4) is 5.88 Å². The zero-order chi connectivity index (χ0) is 14.7.